The number of nitrogens with zero attached hydrogens (tertiary/aromatic N) is 1. The maximum atomic E-state index is 10.8. The Kier molecular flexibility index (Phi) is 1.25. The summed E-state index contributed by atoms with van der Waals surface area (Å²) >= 11 is 0. The predicted octanol–water partition coefficient (Wildman–Crippen LogP) is 0.446. The van der Waals surface area contributed by atoms with Crippen LogP contribution in [0.15, 0.2) is 18.5 Å². The maximum Gasteiger partial charge on any atom is 0.243 e. The highest BCUT2D eigenvalue weighted by atomic mass is 16.2. The zero-order chi connectivity index (χ0) is 7.68. The van der Waals surface area contributed by atoms with Gasteiger partial charge < -0.3 is 10.6 Å². The van der Waals surface area contributed by atoms with Gasteiger partial charge in [0, 0.05) is 6.20 Å². The highest BCUT2D eigenvalue weighted by Gasteiger charge is 2.12. The molecule has 2 heterocycles. The average Bonchev–Trinajstić information content (AvgIpc) is 2.04. The standard InChI is InChI=1S/C7H7N3O/c11-7-4-9-5-1-2-8-3-6(5)10-7/h1-3,9H,4H2,(H,10,11). The molecule has 0 saturated heterocycles. The van der Waals surface area contributed by atoms with Gasteiger partial charge in [-0.25, -0.2) is 0 Å². The number of carbonyl (C=O) groups excluding carboxylic acids is 1. The highest BCUT2D eigenvalue weighted by Crippen LogP contribution is 2.21. The molecule has 4 heteroatoms. The molecule has 0 radical (unpaired) electrons. The third-order valence-corrected chi connectivity index (χ3v) is 1.53. The van der Waals surface area contributed by atoms with E-state index in [-0.39, 0.29) is 5.91 Å². The normalized spacial score (nSPS) is 14.7. The topological polar surface area (TPSA) is 54.0 Å². The van der Waals surface area contributed by atoms with Crippen LogP contribution in [-0.4, -0.2) is 17.4 Å². The van der Waals surface area contributed by atoms with E-state index in [0.717, 1.165) is 11.4 Å². The Morgan fingerprint density at radius 3 is 3.27 bits per heavy atom. The number of carbonyl (C=O) groups is 1. The molecule has 11 heavy (non-hydrogen) atoms. The number of amides is 1. The summed E-state index contributed by atoms with van der Waals surface area (Å²) in [5.74, 6) is -0.0227. The van der Waals surface area contributed by atoms with Crippen LogP contribution in [0.2, 0.25) is 0 Å². The molecule has 0 saturated carbocycles. The van der Waals surface area contributed by atoms with Crippen molar-refractivity contribution in [3.05, 3.63) is 18.5 Å². The van der Waals surface area contributed by atoms with Crippen molar-refractivity contribution in [3.63, 3.8) is 0 Å². The number of pyridine rings is 1. The van der Waals surface area contributed by atoms with Gasteiger partial charge in [-0.05, 0) is 6.07 Å². The van der Waals surface area contributed by atoms with Crippen LogP contribution in [0.25, 0.3) is 0 Å². The predicted molar refractivity (Wildman–Crippen MR) is 41.4 cm³/mol. The number of rotatable bonds is 0. The smallest absolute Gasteiger partial charge is 0.243 e. The van der Waals surface area contributed by atoms with E-state index in [2.05, 4.69) is 15.6 Å². The Balaban J connectivity index is 2.41. The lowest BCUT2D eigenvalue weighted by Crippen LogP contribution is -2.27. The van der Waals surface area contributed by atoms with Crippen LogP contribution in [0.1, 0.15) is 0 Å². The Morgan fingerprint density at radius 1 is 1.45 bits per heavy atom. The molecular weight excluding hydrogens is 142 g/mol. The zero-order valence-electron chi connectivity index (χ0n) is 5.79. The highest BCUT2D eigenvalue weighted by molar-refractivity contribution is 6.00. The molecule has 1 aliphatic heterocycles. The van der Waals surface area contributed by atoms with E-state index in [4.69, 9.17) is 0 Å². The first kappa shape index (κ1) is 6.15. The van der Waals surface area contributed by atoms with Crippen LogP contribution in [0.5, 0.6) is 0 Å². The maximum absolute atomic E-state index is 10.8. The number of aromatic nitrogens is 1. The van der Waals surface area contributed by atoms with Gasteiger partial charge in [0.1, 0.15) is 0 Å². The molecule has 0 spiro atoms. The molecule has 1 aromatic heterocycles. The number of hydrogen-bond donors (Lipinski definition) is 2. The minimum absolute atomic E-state index is 0.0227. The monoisotopic (exact) mass is 149 g/mol. The second kappa shape index (κ2) is 2.23. The first-order valence-corrected chi connectivity index (χ1v) is 3.34. The van der Waals surface area contributed by atoms with E-state index in [1.807, 2.05) is 6.07 Å². The van der Waals surface area contributed by atoms with Crippen LogP contribution in [0.4, 0.5) is 11.4 Å². The Hall–Kier alpha value is -1.58. The molecule has 4 nitrogen and oxygen atoms in total. The Labute approximate surface area is 63.6 Å². The third-order valence-electron chi connectivity index (χ3n) is 1.53. The third kappa shape index (κ3) is 1.02. The summed E-state index contributed by atoms with van der Waals surface area (Å²) < 4.78 is 0. The second-order valence-electron chi connectivity index (χ2n) is 2.32. The van der Waals surface area contributed by atoms with Crippen molar-refractivity contribution in [2.75, 3.05) is 17.2 Å². The molecule has 2 rings (SSSR count). The van der Waals surface area contributed by atoms with Gasteiger partial charge in [-0.1, -0.05) is 0 Å². The molecule has 0 aliphatic carbocycles. The summed E-state index contributed by atoms with van der Waals surface area (Å²) in [5.41, 5.74) is 1.68. The molecule has 56 valence electrons. The van der Waals surface area contributed by atoms with E-state index >= 15 is 0 Å². The van der Waals surface area contributed by atoms with Gasteiger partial charge in [0.2, 0.25) is 5.91 Å². The van der Waals surface area contributed by atoms with Crippen LogP contribution in [0, 0.1) is 0 Å². The lowest BCUT2D eigenvalue weighted by Gasteiger charge is -2.16. The van der Waals surface area contributed by atoms with Gasteiger partial charge in [0.15, 0.2) is 0 Å². The average molecular weight is 149 g/mol. The molecule has 0 unspecified atom stereocenters. The van der Waals surface area contributed by atoms with Crippen molar-refractivity contribution >= 4 is 17.3 Å². The van der Waals surface area contributed by atoms with Gasteiger partial charge >= 0.3 is 0 Å². The van der Waals surface area contributed by atoms with Crippen LogP contribution >= 0.6 is 0 Å². The number of anilines is 2. The second-order valence-corrected chi connectivity index (χ2v) is 2.32. The van der Waals surface area contributed by atoms with E-state index in [1.54, 1.807) is 12.4 Å². The SMILES string of the molecule is O=C1CNc2ccncc2N1. The molecule has 1 aromatic rings. The van der Waals surface area contributed by atoms with E-state index in [1.165, 1.54) is 0 Å². The first-order valence-electron chi connectivity index (χ1n) is 3.34. The van der Waals surface area contributed by atoms with Crippen LogP contribution < -0.4 is 10.6 Å². The van der Waals surface area contributed by atoms with Crippen molar-refractivity contribution in [1.82, 2.24) is 4.98 Å². The molecule has 1 aliphatic rings. The molecule has 0 fully saturated rings. The van der Waals surface area contributed by atoms with Gasteiger partial charge in [0.05, 0.1) is 24.1 Å². The van der Waals surface area contributed by atoms with Gasteiger partial charge in [-0.2, -0.15) is 0 Å². The summed E-state index contributed by atoms with van der Waals surface area (Å²) in [5, 5.41) is 5.66. The molecule has 0 bridgehead atoms. The van der Waals surface area contributed by atoms with Crippen LogP contribution in [-0.2, 0) is 4.79 Å². The van der Waals surface area contributed by atoms with Crippen molar-refractivity contribution in [1.29, 1.82) is 0 Å². The first-order chi connectivity index (χ1) is 5.36. The molecule has 0 atom stereocenters. The van der Waals surface area contributed by atoms with Crippen molar-refractivity contribution in [3.8, 4) is 0 Å². The summed E-state index contributed by atoms with van der Waals surface area (Å²) in [6.07, 6.45) is 3.31. The van der Waals surface area contributed by atoms with Crippen LogP contribution in [0.3, 0.4) is 0 Å². The van der Waals surface area contributed by atoms with Crippen molar-refractivity contribution < 1.29 is 4.79 Å². The van der Waals surface area contributed by atoms with E-state index < -0.39 is 0 Å². The van der Waals surface area contributed by atoms with E-state index in [9.17, 15) is 4.79 Å². The summed E-state index contributed by atoms with van der Waals surface area (Å²) in [4.78, 5) is 14.7. The lowest BCUT2D eigenvalue weighted by atomic mass is 10.3. The number of nitrogens with one attached hydrogen (secondary N) is 2. The van der Waals surface area contributed by atoms with Crippen molar-refractivity contribution in [2.45, 2.75) is 0 Å². The number of fused-ring (bicyclic) bond motifs is 1. The van der Waals surface area contributed by atoms with Gasteiger partial charge in [0.25, 0.3) is 0 Å². The number of hydrogen-bond acceptors (Lipinski definition) is 3. The fourth-order valence-corrected chi connectivity index (χ4v) is 1.02. The molecule has 0 aromatic carbocycles. The molecule has 1 amide bonds. The Morgan fingerprint density at radius 2 is 2.36 bits per heavy atom. The van der Waals surface area contributed by atoms with Gasteiger partial charge in [-0.15, -0.1) is 0 Å². The minimum Gasteiger partial charge on any atom is -0.374 e. The van der Waals surface area contributed by atoms with E-state index in [0.29, 0.717) is 6.54 Å². The fraction of sp³-hybridized carbons (Fsp3) is 0.143. The lowest BCUT2D eigenvalue weighted by molar-refractivity contribution is -0.114. The fourth-order valence-electron chi connectivity index (χ4n) is 1.02. The molecular formula is C7H7N3O. The van der Waals surface area contributed by atoms with Gasteiger partial charge in [-0.3, -0.25) is 9.78 Å². The summed E-state index contributed by atoms with van der Waals surface area (Å²) in [7, 11) is 0. The van der Waals surface area contributed by atoms with Crippen molar-refractivity contribution in [2.24, 2.45) is 0 Å². The summed E-state index contributed by atoms with van der Waals surface area (Å²) in [6, 6.07) is 1.83. The quantitative estimate of drug-likeness (QED) is 0.563. The Bertz CT molecular complexity index is 297. The summed E-state index contributed by atoms with van der Waals surface area (Å²) in [6.45, 7) is 0.344. The largest absolute Gasteiger partial charge is 0.374 e. The zero-order valence-corrected chi connectivity index (χ0v) is 5.79. The minimum atomic E-state index is -0.0227. The molecule has 2 N–H and O–H groups in total.